The predicted molar refractivity (Wildman–Crippen MR) is 83.7 cm³/mol. The van der Waals surface area contributed by atoms with Gasteiger partial charge in [-0.05, 0) is 79.9 Å². The first-order valence-corrected chi connectivity index (χ1v) is 8.29. The number of hydrogen-bond donors (Lipinski definition) is 2. The van der Waals surface area contributed by atoms with Crippen molar-refractivity contribution < 1.29 is 19.4 Å². The largest absolute Gasteiger partial charge is 0.707 e. The van der Waals surface area contributed by atoms with Gasteiger partial charge in [0, 0.05) is 5.56 Å². The zero-order valence-corrected chi connectivity index (χ0v) is 13.0. The van der Waals surface area contributed by atoms with Gasteiger partial charge in [0.2, 0.25) is 0 Å². The van der Waals surface area contributed by atoms with Gasteiger partial charge >= 0.3 is 7.32 Å². The van der Waals surface area contributed by atoms with E-state index in [1.807, 2.05) is 12.1 Å². The Morgan fingerprint density at radius 2 is 1.64 bits per heavy atom. The molecule has 4 fully saturated rings. The van der Waals surface area contributed by atoms with Gasteiger partial charge in [-0.2, -0.15) is 0 Å². The molecule has 4 aliphatic rings. The van der Waals surface area contributed by atoms with Crippen LogP contribution < -0.4 is 9.39 Å². The summed E-state index contributed by atoms with van der Waals surface area (Å²) >= 11 is 0. The minimum absolute atomic E-state index is 0.194. The van der Waals surface area contributed by atoms with Gasteiger partial charge in [0.15, 0.2) is 0 Å². The minimum atomic E-state index is -1.78. The second kappa shape index (κ2) is 5.17. The molecule has 4 saturated carbocycles. The summed E-state index contributed by atoms with van der Waals surface area (Å²) in [5.74, 6) is 3.96. The Hall–Kier alpha value is -1.20. The molecule has 1 aromatic carbocycles. The number of methoxy groups -OCH3 is 1. The molecule has 0 saturated heterocycles. The van der Waals surface area contributed by atoms with Crippen molar-refractivity contribution in [2.45, 2.75) is 43.9 Å². The van der Waals surface area contributed by atoms with Crippen molar-refractivity contribution >= 4 is 7.32 Å². The predicted octanol–water partition coefficient (Wildman–Crippen LogP) is 2.51. The maximum absolute atomic E-state index is 9.06. The summed E-state index contributed by atoms with van der Waals surface area (Å²) < 4.78 is 10.7. The molecule has 4 nitrogen and oxygen atoms in total. The fourth-order valence-electron chi connectivity index (χ4n) is 5.74. The smallest absolute Gasteiger partial charge is 0.512 e. The molecule has 5 rings (SSSR count). The van der Waals surface area contributed by atoms with Crippen molar-refractivity contribution in [3.8, 4) is 11.5 Å². The van der Waals surface area contributed by atoms with E-state index >= 15 is 0 Å². The molecule has 1 aromatic rings. The third-order valence-corrected chi connectivity index (χ3v) is 6.02. The lowest BCUT2D eigenvalue weighted by Gasteiger charge is -2.57. The molecule has 0 aliphatic heterocycles. The van der Waals surface area contributed by atoms with E-state index in [0.29, 0.717) is 5.75 Å². The monoisotopic (exact) mass is 302 g/mol. The standard InChI is InChI=1S/C17H23BO4/c1-21-16-3-2-14(22-18(19)20)7-15(16)17-8-11-4-12(9-17)6-13(5-11)10-17/h2-3,7,11-13,19-20H,4-6,8-10H2,1H3. The molecule has 0 radical (unpaired) electrons. The molecule has 2 N–H and O–H groups in total. The lowest BCUT2D eigenvalue weighted by Crippen LogP contribution is -2.48. The van der Waals surface area contributed by atoms with Gasteiger partial charge in [-0.1, -0.05) is 0 Å². The van der Waals surface area contributed by atoms with Crippen LogP contribution in [0.1, 0.15) is 44.1 Å². The van der Waals surface area contributed by atoms with Crippen LogP contribution >= 0.6 is 0 Å². The maximum Gasteiger partial charge on any atom is 0.707 e. The molecule has 0 spiro atoms. The molecule has 0 aromatic heterocycles. The van der Waals surface area contributed by atoms with E-state index in [2.05, 4.69) is 0 Å². The van der Waals surface area contributed by atoms with Gasteiger partial charge < -0.3 is 19.4 Å². The zero-order valence-electron chi connectivity index (χ0n) is 13.0. The van der Waals surface area contributed by atoms with Crippen molar-refractivity contribution in [3.05, 3.63) is 23.8 Å². The lowest BCUT2D eigenvalue weighted by atomic mass is 9.48. The highest BCUT2D eigenvalue weighted by Gasteiger charge is 2.52. The molecule has 5 heteroatoms. The summed E-state index contributed by atoms with van der Waals surface area (Å²) in [6.07, 6.45) is 7.90. The summed E-state index contributed by atoms with van der Waals surface area (Å²) in [6.45, 7) is 0. The van der Waals surface area contributed by atoms with Gasteiger partial charge in [-0.15, -0.1) is 0 Å². The average Bonchev–Trinajstić information content (AvgIpc) is 2.45. The highest BCUT2D eigenvalue weighted by atomic mass is 16.6. The summed E-state index contributed by atoms with van der Waals surface area (Å²) in [4.78, 5) is 0. The summed E-state index contributed by atoms with van der Waals surface area (Å²) in [7, 11) is -0.0709. The number of benzene rings is 1. The topological polar surface area (TPSA) is 58.9 Å². The molecule has 4 aliphatic carbocycles. The minimum Gasteiger partial charge on any atom is -0.512 e. The summed E-state index contributed by atoms with van der Waals surface area (Å²) in [5, 5.41) is 18.1. The Morgan fingerprint density at radius 3 is 2.14 bits per heavy atom. The maximum atomic E-state index is 9.06. The Morgan fingerprint density at radius 1 is 1.05 bits per heavy atom. The average molecular weight is 302 g/mol. The van der Waals surface area contributed by atoms with Crippen LogP contribution in [0.25, 0.3) is 0 Å². The van der Waals surface area contributed by atoms with Gasteiger partial charge in [0.1, 0.15) is 11.5 Å². The summed E-state index contributed by atoms with van der Waals surface area (Å²) in [5.41, 5.74) is 1.40. The summed E-state index contributed by atoms with van der Waals surface area (Å²) in [6, 6.07) is 5.60. The van der Waals surface area contributed by atoms with E-state index in [1.54, 1.807) is 13.2 Å². The quantitative estimate of drug-likeness (QED) is 0.839. The molecule has 0 heterocycles. The highest BCUT2D eigenvalue weighted by molar-refractivity contribution is 6.33. The Kier molecular flexibility index (Phi) is 3.38. The Bertz CT molecular complexity index is 536. The van der Waals surface area contributed by atoms with E-state index < -0.39 is 7.32 Å². The van der Waals surface area contributed by atoms with Gasteiger partial charge in [0.05, 0.1) is 7.11 Å². The highest BCUT2D eigenvalue weighted by Crippen LogP contribution is 2.62. The van der Waals surface area contributed by atoms with Crippen LogP contribution in [-0.4, -0.2) is 24.5 Å². The lowest BCUT2D eigenvalue weighted by molar-refractivity contribution is -0.00623. The van der Waals surface area contributed by atoms with Crippen LogP contribution in [0.2, 0.25) is 0 Å². The van der Waals surface area contributed by atoms with Crippen LogP contribution in [0.15, 0.2) is 18.2 Å². The fraction of sp³-hybridized carbons (Fsp3) is 0.647. The van der Waals surface area contributed by atoms with E-state index in [4.69, 9.17) is 19.4 Å². The second-order valence-corrected chi connectivity index (χ2v) is 7.50. The molecular weight excluding hydrogens is 279 g/mol. The molecular formula is C17H23BO4. The van der Waals surface area contributed by atoms with E-state index in [0.717, 1.165) is 23.5 Å². The van der Waals surface area contributed by atoms with Crippen LogP contribution in [0.4, 0.5) is 0 Å². The van der Waals surface area contributed by atoms with Crippen molar-refractivity contribution in [1.29, 1.82) is 0 Å². The van der Waals surface area contributed by atoms with E-state index in [-0.39, 0.29) is 5.41 Å². The third-order valence-electron chi connectivity index (χ3n) is 6.02. The van der Waals surface area contributed by atoms with Crippen molar-refractivity contribution in [2.24, 2.45) is 17.8 Å². The number of ether oxygens (including phenoxy) is 1. The number of rotatable bonds is 4. The van der Waals surface area contributed by atoms with Crippen LogP contribution in [0.3, 0.4) is 0 Å². The Balaban J connectivity index is 1.74. The molecule has 0 unspecified atom stereocenters. The molecule has 118 valence electrons. The second-order valence-electron chi connectivity index (χ2n) is 7.50. The van der Waals surface area contributed by atoms with E-state index in [9.17, 15) is 0 Å². The van der Waals surface area contributed by atoms with Crippen molar-refractivity contribution in [2.75, 3.05) is 7.11 Å². The number of hydrogen-bond acceptors (Lipinski definition) is 4. The van der Waals surface area contributed by atoms with Crippen molar-refractivity contribution in [3.63, 3.8) is 0 Å². The molecule has 0 amide bonds. The molecule has 4 bridgehead atoms. The van der Waals surface area contributed by atoms with Gasteiger partial charge in [-0.25, -0.2) is 0 Å². The van der Waals surface area contributed by atoms with Crippen LogP contribution in [0.5, 0.6) is 11.5 Å². The van der Waals surface area contributed by atoms with Gasteiger partial charge in [0.25, 0.3) is 0 Å². The van der Waals surface area contributed by atoms with Crippen LogP contribution in [-0.2, 0) is 5.41 Å². The van der Waals surface area contributed by atoms with Crippen LogP contribution in [0, 0.1) is 17.8 Å². The normalized spacial score (nSPS) is 35.5. The van der Waals surface area contributed by atoms with E-state index in [1.165, 1.54) is 44.1 Å². The van der Waals surface area contributed by atoms with Gasteiger partial charge in [-0.3, -0.25) is 0 Å². The molecule has 22 heavy (non-hydrogen) atoms. The SMILES string of the molecule is COc1ccc(OB(O)O)cc1C12CC3CC(CC(C3)C1)C2. The first-order valence-electron chi connectivity index (χ1n) is 8.29. The molecule has 0 atom stereocenters. The first kappa shape index (κ1) is 14.4. The van der Waals surface area contributed by atoms with Crippen molar-refractivity contribution in [1.82, 2.24) is 0 Å². The zero-order chi connectivity index (χ0) is 15.3. The fourth-order valence-corrected chi connectivity index (χ4v) is 5.74. The Labute approximate surface area is 131 Å². The first-order chi connectivity index (χ1) is 10.6. The third kappa shape index (κ3) is 2.31.